The molecule has 0 fully saturated rings. The second-order valence-corrected chi connectivity index (χ2v) is 16.5. The van der Waals surface area contributed by atoms with Crippen LogP contribution in [0.1, 0.15) is 25.0 Å². The zero-order valence-corrected chi connectivity index (χ0v) is 32.5. The summed E-state index contributed by atoms with van der Waals surface area (Å²) < 4.78 is 0. The van der Waals surface area contributed by atoms with Gasteiger partial charge >= 0.3 is 6.85 Å². The van der Waals surface area contributed by atoms with Gasteiger partial charge in [-0.25, -0.2) is 0 Å². The first-order chi connectivity index (χ1) is 28.5. The van der Waals surface area contributed by atoms with Crippen LogP contribution in [0.15, 0.2) is 200 Å². The maximum atomic E-state index is 2.65. The van der Waals surface area contributed by atoms with Crippen LogP contribution in [0, 0.1) is 0 Å². The highest BCUT2D eigenvalue weighted by molar-refractivity contribution is 6.93. The van der Waals surface area contributed by atoms with Crippen molar-refractivity contribution in [3.8, 4) is 44.5 Å². The summed E-state index contributed by atoms with van der Waals surface area (Å²) >= 11 is 0. The molecule has 3 heteroatoms. The molecule has 0 aromatic heterocycles. The van der Waals surface area contributed by atoms with E-state index in [2.05, 4.69) is 224 Å². The molecule has 0 N–H and O–H groups in total. The fourth-order valence-corrected chi connectivity index (χ4v) is 10.2. The first-order valence-electron chi connectivity index (χ1n) is 20.4. The lowest BCUT2D eigenvalue weighted by Crippen LogP contribution is -2.62. The van der Waals surface area contributed by atoms with Gasteiger partial charge in [-0.1, -0.05) is 166 Å². The first kappa shape index (κ1) is 33.1. The van der Waals surface area contributed by atoms with Crippen LogP contribution in [0.2, 0.25) is 0 Å². The number of anilines is 5. The number of hydrogen-bond donors (Lipinski definition) is 0. The van der Waals surface area contributed by atoms with Gasteiger partial charge in [-0.2, -0.15) is 0 Å². The summed E-state index contributed by atoms with van der Waals surface area (Å²) in [5, 5.41) is 2.53. The highest BCUT2D eigenvalue weighted by Gasteiger charge is 2.49. The number of fused-ring (bicyclic) bond motifs is 7. The van der Waals surface area contributed by atoms with Crippen molar-refractivity contribution in [2.24, 2.45) is 0 Å². The average molecular weight is 739 g/mol. The molecule has 0 radical (unpaired) electrons. The topological polar surface area (TPSA) is 6.48 Å². The smallest absolute Gasteiger partial charge is 0.333 e. The van der Waals surface area contributed by atoms with Crippen LogP contribution in [-0.2, 0) is 5.41 Å². The molecule has 0 aliphatic carbocycles. The van der Waals surface area contributed by atoms with Gasteiger partial charge in [0.05, 0.1) is 5.69 Å². The van der Waals surface area contributed by atoms with Crippen molar-refractivity contribution in [3.63, 3.8) is 0 Å². The summed E-state index contributed by atoms with van der Waals surface area (Å²) in [5.74, 6) is 0. The third kappa shape index (κ3) is 4.80. The van der Waals surface area contributed by atoms with Gasteiger partial charge in [0.1, 0.15) is 0 Å². The second kappa shape index (κ2) is 12.5. The molecule has 272 valence electrons. The highest BCUT2D eigenvalue weighted by atomic mass is 15.2. The summed E-state index contributed by atoms with van der Waals surface area (Å²) in [6.45, 7) is 4.75. The second-order valence-electron chi connectivity index (χ2n) is 16.5. The van der Waals surface area contributed by atoms with E-state index in [1.54, 1.807) is 0 Å². The number of hydrogen-bond acceptors (Lipinski definition) is 2. The van der Waals surface area contributed by atoms with Gasteiger partial charge in [0.15, 0.2) is 0 Å². The van der Waals surface area contributed by atoms with E-state index in [0.29, 0.717) is 0 Å². The molecule has 0 spiro atoms. The summed E-state index contributed by atoms with van der Waals surface area (Å²) in [7, 11) is 0. The lowest BCUT2D eigenvalue weighted by molar-refractivity contribution is 0.633. The van der Waals surface area contributed by atoms with Crippen LogP contribution < -0.4 is 20.6 Å². The summed E-state index contributed by atoms with van der Waals surface area (Å²) in [4.78, 5) is 5.28. The minimum atomic E-state index is -0.232. The minimum Gasteiger partial charge on any atom is -0.376 e. The van der Waals surface area contributed by atoms with E-state index in [9.17, 15) is 0 Å². The van der Waals surface area contributed by atoms with Gasteiger partial charge in [0.2, 0.25) is 0 Å². The molecule has 3 aliphatic rings. The third-order valence-electron chi connectivity index (χ3n) is 12.9. The Hall–Kier alpha value is -7.10. The minimum absolute atomic E-state index is 0.0802. The highest BCUT2D eigenvalue weighted by Crippen LogP contribution is 2.56. The van der Waals surface area contributed by atoms with E-state index >= 15 is 0 Å². The van der Waals surface area contributed by atoms with Crippen molar-refractivity contribution >= 4 is 57.0 Å². The van der Waals surface area contributed by atoms with Gasteiger partial charge < -0.3 is 9.71 Å². The Morgan fingerprint density at radius 1 is 0.397 bits per heavy atom. The van der Waals surface area contributed by atoms with Crippen molar-refractivity contribution in [1.82, 2.24) is 0 Å². The third-order valence-corrected chi connectivity index (χ3v) is 12.9. The van der Waals surface area contributed by atoms with E-state index in [1.807, 2.05) is 0 Å². The number of rotatable bonds is 4. The SMILES string of the molecule is CC1(C)c2cc3ccccc3cc2N2c3cc(-c4ccccc4)cc4c3B(c3cccc1c32)N(c1cc(-c2ccccc2)cc(-c2ccccc2)c1)c1ccccc1-4. The normalized spacial score (nSPS) is 14.1. The van der Waals surface area contributed by atoms with Crippen molar-refractivity contribution in [1.29, 1.82) is 0 Å². The molecule has 58 heavy (non-hydrogen) atoms. The predicted octanol–water partition coefficient (Wildman–Crippen LogP) is 13.2. The Balaban J connectivity index is 1.20. The van der Waals surface area contributed by atoms with Crippen molar-refractivity contribution < 1.29 is 0 Å². The molecule has 3 aliphatic heterocycles. The van der Waals surface area contributed by atoms with Crippen LogP contribution in [-0.4, -0.2) is 6.85 Å². The van der Waals surface area contributed by atoms with E-state index < -0.39 is 0 Å². The molecule has 0 atom stereocenters. The van der Waals surface area contributed by atoms with Crippen LogP contribution in [0.25, 0.3) is 55.3 Å². The average Bonchev–Trinajstić information content (AvgIpc) is 3.28. The maximum absolute atomic E-state index is 2.65. The molecule has 0 saturated carbocycles. The molecule has 0 unspecified atom stereocenters. The molecule has 9 aromatic rings. The molecular weight excluding hydrogens is 699 g/mol. The van der Waals surface area contributed by atoms with Gasteiger partial charge in [-0.05, 0) is 120 Å². The van der Waals surface area contributed by atoms with E-state index in [0.717, 1.165) is 0 Å². The Morgan fingerprint density at radius 3 is 1.62 bits per heavy atom. The Labute approximate surface area is 340 Å². The van der Waals surface area contributed by atoms with Gasteiger partial charge in [-0.3, -0.25) is 0 Å². The zero-order chi connectivity index (χ0) is 38.5. The van der Waals surface area contributed by atoms with Crippen LogP contribution in [0.4, 0.5) is 28.4 Å². The molecule has 12 rings (SSSR count). The van der Waals surface area contributed by atoms with Crippen LogP contribution in [0.3, 0.4) is 0 Å². The predicted molar refractivity (Wildman–Crippen MR) is 246 cm³/mol. The maximum Gasteiger partial charge on any atom is 0.333 e. The van der Waals surface area contributed by atoms with E-state index in [4.69, 9.17) is 0 Å². The molecule has 0 amide bonds. The van der Waals surface area contributed by atoms with Crippen LogP contribution in [0.5, 0.6) is 0 Å². The standard InChI is InChI=1S/C55H39BN2/c1-55(2)47-26-16-27-49-54(47)57(51-34-40-24-13-12-23-39(40)33-48(51)55)52-35-43(38-21-10-5-11-22-38)32-46-45-25-14-15-28-50(45)58(56(49)53(46)52)44-30-41(36-17-6-3-7-18-36)29-42(31-44)37-19-8-4-9-20-37/h3-35H,1-2H3. The van der Waals surface area contributed by atoms with Gasteiger partial charge in [0, 0.05) is 33.7 Å². The Morgan fingerprint density at radius 2 is 0.966 bits per heavy atom. The summed E-state index contributed by atoms with van der Waals surface area (Å²) in [6, 6.07) is 74.6. The van der Waals surface area contributed by atoms with Gasteiger partial charge in [0.25, 0.3) is 0 Å². The molecule has 3 heterocycles. The quantitative estimate of drug-likeness (QED) is 0.166. The summed E-state index contributed by atoms with van der Waals surface area (Å²) in [6.07, 6.45) is 0. The van der Waals surface area contributed by atoms with Crippen molar-refractivity contribution in [2.45, 2.75) is 19.3 Å². The lowest BCUT2D eigenvalue weighted by atomic mass is 9.42. The lowest BCUT2D eigenvalue weighted by Gasteiger charge is -2.50. The monoisotopic (exact) mass is 738 g/mol. The first-order valence-corrected chi connectivity index (χ1v) is 20.4. The fraction of sp³-hybridized carbons (Fsp3) is 0.0545. The number of para-hydroxylation sites is 2. The number of benzene rings is 9. The summed E-state index contributed by atoms with van der Waals surface area (Å²) in [5.41, 5.74) is 21.1. The molecule has 0 bridgehead atoms. The van der Waals surface area contributed by atoms with Crippen molar-refractivity contribution in [2.75, 3.05) is 9.71 Å². The molecule has 2 nitrogen and oxygen atoms in total. The molecule has 9 aromatic carbocycles. The fourth-order valence-electron chi connectivity index (χ4n) is 10.2. The Kier molecular flexibility index (Phi) is 7.10. The molecule has 0 saturated heterocycles. The largest absolute Gasteiger partial charge is 0.376 e. The van der Waals surface area contributed by atoms with Crippen LogP contribution >= 0.6 is 0 Å². The molecular formula is C55H39BN2. The zero-order valence-electron chi connectivity index (χ0n) is 32.5. The van der Waals surface area contributed by atoms with E-state index in [1.165, 1.54) is 106 Å². The van der Waals surface area contributed by atoms with Crippen molar-refractivity contribution in [3.05, 3.63) is 211 Å². The number of nitrogens with zero attached hydrogens (tertiary/aromatic N) is 2. The van der Waals surface area contributed by atoms with Gasteiger partial charge in [-0.15, -0.1) is 0 Å². The van der Waals surface area contributed by atoms with E-state index in [-0.39, 0.29) is 12.3 Å². The Bertz CT molecular complexity index is 3040.